The molecular formula is C19H31N5O. The van der Waals surface area contributed by atoms with Crippen molar-refractivity contribution in [3.05, 3.63) is 12.1 Å². The van der Waals surface area contributed by atoms with Crippen LogP contribution in [0.5, 0.6) is 0 Å². The summed E-state index contributed by atoms with van der Waals surface area (Å²) in [5.74, 6) is 2.14. The van der Waals surface area contributed by atoms with Crippen LogP contribution in [-0.4, -0.2) is 60.3 Å². The van der Waals surface area contributed by atoms with Gasteiger partial charge in [-0.3, -0.25) is 4.79 Å². The normalized spacial score (nSPS) is 19.7. The van der Waals surface area contributed by atoms with Gasteiger partial charge in [0.2, 0.25) is 5.91 Å². The molecule has 25 heavy (non-hydrogen) atoms. The average Bonchev–Trinajstić information content (AvgIpc) is 2.90. The summed E-state index contributed by atoms with van der Waals surface area (Å²) in [4.78, 5) is 18.9. The molecule has 0 N–H and O–H groups in total. The molecule has 0 spiro atoms. The summed E-state index contributed by atoms with van der Waals surface area (Å²) in [5, 5.41) is 8.92. The summed E-state index contributed by atoms with van der Waals surface area (Å²) < 4.78 is 0. The van der Waals surface area contributed by atoms with Gasteiger partial charge in [-0.1, -0.05) is 33.6 Å². The first-order chi connectivity index (χ1) is 11.9. The van der Waals surface area contributed by atoms with Gasteiger partial charge in [0, 0.05) is 44.7 Å². The summed E-state index contributed by atoms with van der Waals surface area (Å²) in [6, 6.07) is 4.18. The third-order valence-corrected chi connectivity index (χ3v) is 5.10. The zero-order valence-corrected chi connectivity index (χ0v) is 15.9. The number of piperazine rings is 1. The summed E-state index contributed by atoms with van der Waals surface area (Å²) >= 11 is 0. The molecule has 6 heteroatoms. The number of amides is 1. The molecule has 0 radical (unpaired) electrons. The summed E-state index contributed by atoms with van der Waals surface area (Å²) in [7, 11) is 0. The van der Waals surface area contributed by atoms with Gasteiger partial charge in [0.15, 0.2) is 11.6 Å². The van der Waals surface area contributed by atoms with E-state index in [1.165, 1.54) is 25.7 Å². The van der Waals surface area contributed by atoms with Gasteiger partial charge in [0.05, 0.1) is 0 Å². The predicted molar refractivity (Wildman–Crippen MR) is 101 cm³/mol. The van der Waals surface area contributed by atoms with Crippen molar-refractivity contribution < 1.29 is 4.79 Å². The van der Waals surface area contributed by atoms with Gasteiger partial charge in [0.1, 0.15) is 0 Å². The molecule has 2 aliphatic heterocycles. The van der Waals surface area contributed by atoms with Crippen molar-refractivity contribution in [2.75, 3.05) is 49.1 Å². The number of nitrogens with zero attached hydrogens (tertiary/aromatic N) is 5. The van der Waals surface area contributed by atoms with Crippen LogP contribution >= 0.6 is 0 Å². The van der Waals surface area contributed by atoms with E-state index in [9.17, 15) is 4.79 Å². The highest BCUT2D eigenvalue weighted by atomic mass is 16.2. The molecule has 0 bridgehead atoms. The molecule has 1 aromatic heterocycles. The van der Waals surface area contributed by atoms with Gasteiger partial charge in [-0.2, -0.15) is 0 Å². The number of carbonyl (C=O) groups excluding carboxylic acids is 1. The van der Waals surface area contributed by atoms with Gasteiger partial charge in [-0.05, 0) is 25.0 Å². The lowest BCUT2D eigenvalue weighted by molar-refractivity contribution is -0.139. The van der Waals surface area contributed by atoms with E-state index in [0.717, 1.165) is 50.9 Å². The minimum Gasteiger partial charge on any atom is -0.355 e. The van der Waals surface area contributed by atoms with E-state index in [1.54, 1.807) is 0 Å². The molecule has 6 nitrogen and oxygen atoms in total. The van der Waals surface area contributed by atoms with Crippen molar-refractivity contribution >= 4 is 17.5 Å². The number of hydrogen-bond acceptors (Lipinski definition) is 5. The van der Waals surface area contributed by atoms with Crippen molar-refractivity contribution in [1.82, 2.24) is 15.1 Å². The fourth-order valence-electron chi connectivity index (χ4n) is 3.57. The molecule has 0 saturated carbocycles. The number of aromatic nitrogens is 2. The number of carbonyl (C=O) groups is 1. The Kier molecular flexibility index (Phi) is 5.45. The lowest BCUT2D eigenvalue weighted by Gasteiger charge is -2.38. The molecule has 2 aliphatic rings. The Bertz CT molecular complexity index is 564. The van der Waals surface area contributed by atoms with E-state index < -0.39 is 0 Å². The van der Waals surface area contributed by atoms with Crippen LogP contribution in [0.4, 0.5) is 11.6 Å². The van der Waals surface area contributed by atoms with Crippen molar-refractivity contribution in [3.63, 3.8) is 0 Å². The predicted octanol–water partition coefficient (Wildman–Crippen LogP) is 2.55. The Morgan fingerprint density at radius 3 is 1.72 bits per heavy atom. The van der Waals surface area contributed by atoms with Gasteiger partial charge in [0.25, 0.3) is 0 Å². The molecule has 3 heterocycles. The van der Waals surface area contributed by atoms with Crippen LogP contribution in [0.3, 0.4) is 0 Å². The second-order valence-corrected chi connectivity index (χ2v) is 8.18. The molecule has 2 saturated heterocycles. The van der Waals surface area contributed by atoms with Gasteiger partial charge >= 0.3 is 0 Å². The Labute approximate surface area is 151 Å². The van der Waals surface area contributed by atoms with Crippen molar-refractivity contribution in [3.8, 4) is 0 Å². The zero-order valence-electron chi connectivity index (χ0n) is 15.9. The lowest BCUT2D eigenvalue weighted by Crippen LogP contribution is -2.51. The summed E-state index contributed by atoms with van der Waals surface area (Å²) in [6.45, 7) is 11.3. The van der Waals surface area contributed by atoms with Crippen LogP contribution in [0.1, 0.15) is 46.5 Å². The summed E-state index contributed by atoms with van der Waals surface area (Å²) in [6.07, 6.45) is 5.12. The highest BCUT2D eigenvalue weighted by Gasteiger charge is 2.30. The van der Waals surface area contributed by atoms with E-state index in [1.807, 2.05) is 25.7 Å². The zero-order chi connectivity index (χ0) is 17.9. The average molecular weight is 345 g/mol. The van der Waals surface area contributed by atoms with E-state index in [2.05, 4.69) is 32.1 Å². The fraction of sp³-hybridized carbons (Fsp3) is 0.737. The Morgan fingerprint density at radius 1 is 0.800 bits per heavy atom. The maximum absolute atomic E-state index is 12.4. The maximum atomic E-state index is 12.4. The topological polar surface area (TPSA) is 52.6 Å². The first kappa shape index (κ1) is 18.0. The highest BCUT2D eigenvalue weighted by molar-refractivity contribution is 5.81. The van der Waals surface area contributed by atoms with Crippen LogP contribution in [0.25, 0.3) is 0 Å². The van der Waals surface area contributed by atoms with Crippen LogP contribution in [0.2, 0.25) is 0 Å². The van der Waals surface area contributed by atoms with Crippen LogP contribution < -0.4 is 9.80 Å². The SMILES string of the molecule is CC(C)(C)C(=O)N1CCN(c2ccc(N3CCCCCC3)nn2)CC1. The third-order valence-electron chi connectivity index (χ3n) is 5.10. The molecule has 138 valence electrons. The minimum atomic E-state index is -0.309. The first-order valence-electron chi connectivity index (χ1n) is 9.58. The van der Waals surface area contributed by atoms with E-state index in [-0.39, 0.29) is 11.3 Å². The number of hydrogen-bond donors (Lipinski definition) is 0. The van der Waals surface area contributed by atoms with Gasteiger partial charge in [-0.25, -0.2) is 0 Å². The Morgan fingerprint density at radius 2 is 1.28 bits per heavy atom. The Hall–Kier alpha value is -1.85. The molecule has 0 unspecified atom stereocenters. The van der Waals surface area contributed by atoms with Crippen molar-refractivity contribution in [1.29, 1.82) is 0 Å². The van der Waals surface area contributed by atoms with Gasteiger partial charge < -0.3 is 14.7 Å². The van der Waals surface area contributed by atoms with E-state index >= 15 is 0 Å². The maximum Gasteiger partial charge on any atom is 0.228 e. The van der Waals surface area contributed by atoms with E-state index in [4.69, 9.17) is 0 Å². The standard InChI is InChI=1S/C19H31N5O/c1-19(2,3)18(25)24-14-12-23(13-15-24)17-9-8-16(20-21-17)22-10-6-4-5-7-11-22/h8-9H,4-7,10-15H2,1-3H3. The smallest absolute Gasteiger partial charge is 0.228 e. The van der Waals surface area contributed by atoms with Crippen LogP contribution in [0, 0.1) is 5.41 Å². The second-order valence-electron chi connectivity index (χ2n) is 8.18. The second kappa shape index (κ2) is 7.58. The third kappa shape index (κ3) is 4.41. The molecule has 1 amide bonds. The van der Waals surface area contributed by atoms with Crippen LogP contribution in [-0.2, 0) is 4.79 Å². The molecule has 2 fully saturated rings. The number of rotatable bonds is 2. The molecule has 1 aromatic rings. The molecular weight excluding hydrogens is 314 g/mol. The molecule has 3 rings (SSSR count). The quantitative estimate of drug-likeness (QED) is 0.824. The van der Waals surface area contributed by atoms with E-state index in [0.29, 0.717) is 0 Å². The number of anilines is 2. The fourth-order valence-corrected chi connectivity index (χ4v) is 3.57. The minimum absolute atomic E-state index is 0.231. The molecule has 0 atom stereocenters. The monoisotopic (exact) mass is 345 g/mol. The highest BCUT2D eigenvalue weighted by Crippen LogP contribution is 2.22. The van der Waals surface area contributed by atoms with Gasteiger partial charge in [-0.15, -0.1) is 10.2 Å². The Balaban J connectivity index is 1.57. The molecule has 0 aromatic carbocycles. The van der Waals surface area contributed by atoms with Crippen molar-refractivity contribution in [2.24, 2.45) is 5.41 Å². The largest absolute Gasteiger partial charge is 0.355 e. The van der Waals surface area contributed by atoms with Crippen LogP contribution in [0.15, 0.2) is 12.1 Å². The molecule has 0 aliphatic carbocycles. The lowest BCUT2D eigenvalue weighted by atomic mass is 9.94. The first-order valence-corrected chi connectivity index (χ1v) is 9.58. The van der Waals surface area contributed by atoms with Crippen molar-refractivity contribution in [2.45, 2.75) is 46.5 Å². The summed E-state index contributed by atoms with van der Waals surface area (Å²) in [5.41, 5.74) is -0.309.